The molecule has 0 aromatic carbocycles. The van der Waals surface area contributed by atoms with Gasteiger partial charge < -0.3 is 10.0 Å². The largest absolute Gasteiger partial charge is 0.394 e. The molecule has 92 valence electrons. The maximum Gasteiger partial charge on any atom is 0.272 e. The van der Waals surface area contributed by atoms with Crippen LogP contribution < -0.4 is 0 Å². The summed E-state index contributed by atoms with van der Waals surface area (Å²) in [5.41, 5.74) is 0.102. The third-order valence-corrected chi connectivity index (χ3v) is 3.03. The molecule has 1 atom stereocenters. The SMILES string of the molecule is O=C(c1cccc(F)n1)N1CCCCC1CO. The van der Waals surface area contributed by atoms with Crippen LogP contribution in [0.3, 0.4) is 0 Å². The first kappa shape index (κ1) is 12.0. The first-order chi connectivity index (χ1) is 8.22. The van der Waals surface area contributed by atoms with E-state index in [1.807, 2.05) is 0 Å². The molecule has 1 N–H and O–H groups in total. The molecule has 0 bridgehead atoms. The van der Waals surface area contributed by atoms with Gasteiger partial charge in [-0.2, -0.15) is 4.39 Å². The molecule has 1 saturated heterocycles. The lowest BCUT2D eigenvalue weighted by Crippen LogP contribution is -2.45. The minimum absolute atomic E-state index is 0.0545. The van der Waals surface area contributed by atoms with Gasteiger partial charge in [0.1, 0.15) is 5.69 Å². The van der Waals surface area contributed by atoms with Crippen molar-refractivity contribution in [2.75, 3.05) is 13.2 Å². The van der Waals surface area contributed by atoms with E-state index < -0.39 is 5.95 Å². The number of aromatic nitrogens is 1. The summed E-state index contributed by atoms with van der Waals surface area (Å²) in [4.78, 5) is 17.3. The highest BCUT2D eigenvalue weighted by Crippen LogP contribution is 2.18. The number of hydrogen-bond acceptors (Lipinski definition) is 3. The van der Waals surface area contributed by atoms with Gasteiger partial charge in [-0.3, -0.25) is 4.79 Å². The van der Waals surface area contributed by atoms with E-state index in [9.17, 15) is 14.3 Å². The number of rotatable bonds is 2. The minimum atomic E-state index is -0.659. The van der Waals surface area contributed by atoms with Crippen LogP contribution in [0.4, 0.5) is 4.39 Å². The summed E-state index contributed by atoms with van der Waals surface area (Å²) < 4.78 is 12.9. The van der Waals surface area contributed by atoms with Gasteiger partial charge >= 0.3 is 0 Å². The van der Waals surface area contributed by atoms with Gasteiger partial charge in [0.2, 0.25) is 5.95 Å². The fourth-order valence-corrected chi connectivity index (χ4v) is 2.13. The normalized spacial score (nSPS) is 20.4. The van der Waals surface area contributed by atoms with E-state index in [0.717, 1.165) is 19.3 Å². The lowest BCUT2D eigenvalue weighted by Gasteiger charge is -2.34. The zero-order valence-electron chi connectivity index (χ0n) is 9.47. The van der Waals surface area contributed by atoms with E-state index in [4.69, 9.17) is 0 Å². The van der Waals surface area contributed by atoms with Crippen LogP contribution in [0.1, 0.15) is 29.8 Å². The number of pyridine rings is 1. The fraction of sp³-hybridized carbons (Fsp3) is 0.500. The van der Waals surface area contributed by atoms with Gasteiger partial charge in [0.05, 0.1) is 12.6 Å². The number of hydrogen-bond donors (Lipinski definition) is 1. The van der Waals surface area contributed by atoms with Crippen molar-refractivity contribution in [3.63, 3.8) is 0 Å². The molecule has 0 radical (unpaired) electrons. The Bertz CT molecular complexity index is 411. The number of piperidine rings is 1. The highest BCUT2D eigenvalue weighted by molar-refractivity contribution is 5.92. The Morgan fingerprint density at radius 2 is 2.35 bits per heavy atom. The molecule has 1 aliphatic rings. The Labute approximate surface area is 99.1 Å². The van der Waals surface area contributed by atoms with Crippen LogP contribution in [0.2, 0.25) is 0 Å². The molecule has 2 heterocycles. The predicted molar refractivity (Wildman–Crippen MR) is 60.0 cm³/mol. The van der Waals surface area contributed by atoms with E-state index in [0.29, 0.717) is 6.54 Å². The van der Waals surface area contributed by atoms with Crippen molar-refractivity contribution in [2.45, 2.75) is 25.3 Å². The second-order valence-corrected chi connectivity index (χ2v) is 4.18. The molecule has 5 heteroatoms. The van der Waals surface area contributed by atoms with Gasteiger partial charge in [-0.1, -0.05) is 6.07 Å². The van der Waals surface area contributed by atoms with Crippen LogP contribution in [0.15, 0.2) is 18.2 Å². The Morgan fingerprint density at radius 1 is 1.53 bits per heavy atom. The van der Waals surface area contributed by atoms with E-state index in [2.05, 4.69) is 4.98 Å². The van der Waals surface area contributed by atoms with E-state index in [-0.39, 0.29) is 24.2 Å². The number of aliphatic hydroxyl groups excluding tert-OH is 1. The van der Waals surface area contributed by atoms with Crippen molar-refractivity contribution in [3.05, 3.63) is 29.8 Å². The molecule has 1 fully saturated rings. The summed E-state index contributed by atoms with van der Waals surface area (Å²) >= 11 is 0. The Kier molecular flexibility index (Phi) is 3.68. The van der Waals surface area contributed by atoms with Gasteiger partial charge in [-0.25, -0.2) is 4.98 Å². The zero-order valence-corrected chi connectivity index (χ0v) is 9.47. The highest BCUT2D eigenvalue weighted by atomic mass is 19.1. The lowest BCUT2D eigenvalue weighted by molar-refractivity contribution is 0.0496. The van der Waals surface area contributed by atoms with Gasteiger partial charge in [0.15, 0.2) is 0 Å². The molecule has 0 saturated carbocycles. The monoisotopic (exact) mass is 238 g/mol. The first-order valence-corrected chi connectivity index (χ1v) is 5.77. The van der Waals surface area contributed by atoms with Crippen LogP contribution in [0, 0.1) is 5.95 Å². The van der Waals surface area contributed by atoms with E-state index >= 15 is 0 Å². The van der Waals surface area contributed by atoms with Crippen LogP contribution in [-0.2, 0) is 0 Å². The van der Waals surface area contributed by atoms with Crippen molar-refractivity contribution in [2.24, 2.45) is 0 Å². The summed E-state index contributed by atoms with van der Waals surface area (Å²) in [5.74, 6) is -0.961. The smallest absolute Gasteiger partial charge is 0.272 e. The molecule has 2 rings (SSSR count). The standard InChI is InChI=1S/C12H15FN2O2/c13-11-6-3-5-10(14-11)12(17)15-7-2-1-4-9(15)8-16/h3,5-6,9,16H,1-2,4,7-8H2. The summed E-state index contributed by atoms with van der Waals surface area (Å²) in [7, 11) is 0. The Morgan fingerprint density at radius 3 is 3.06 bits per heavy atom. The molecular weight excluding hydrogens is 223 g/mol. The number of carbonyl (C=O) groups excluding carboxylic acids is 1. The average molecular weight is 238 g/mol. The second kappa shape index (κ2) is 5.23. The van der Waals surface area contributed by atoms with Gasteiger partial charge in [0.25, 0.3) is 5.91 Å². The summed E-state index contributed by atoms with van der Waals surface area (Å²) in [6.45, 7) is 0.545. The molecule has 4 nitrogen and oxygen atoms in total. The van der Waals surface area contributed by atoms with Crippen molar-refractivity contribution >= 4 is 5.91 Å². The van der Waals surface area contributed by atoms with Gasteiger partial charge in [-0.05, 0) is 31.4 Å². The zero-order chi connectivity index (χ0) is 12.3. The molecule has 1 aliphatic heterocycles. The maximum absolute atomic E-state index is 12.9. The minimum Gasteiger partial charge on any atom is -0.394 e. The average Bonchev–Trinajstić information content (AvgIpc) is 2.38. The van der Waals surface area contributed by atoms with Crippen molar-refractivity contribution in [1.82, 2.24) is 9.88 Å². The van der Waals surface area contributed by atoms with Crippen molar-refractivity contribution in [1.29, 1.82) is 0 Å². The molecular formula is C12H15FN2O2. The maximum atomic E-state index is 12.9. The van der Waals surface area contributed by atoms with E-state index in [1.165, 1.54) is 18.2 Å². The summed E-state index contributed by atoms with van der Waals surface area (Å²) in [6, 6.07) is 4.00. The first-order valence-electron chi connectivity index (χ1n) is 5.77. The lowest BCUT2D eigenvalue weighted by atomic mass is 10.0. The fourth-order valence-electron chi connectivity index (χ4n) is 2.13. The third-order valence-electron chi connectivity index (χ3n) is 3.03. The molecule has 1 unspecified atom stereocenters. The molecule has 1 amide bonds. The van der Waals surface area contributed by atoms with Crippen LogP contribution in [-0.4, -0.2) is 40.1 Å². The molecule has 1 aromatic rings. The van der Waals surface area contributed by atoms with Crippen molar-refractivity contribution in [3.8, 4) is 0 Å². The number of aliphatic hydroxyl groups is 1. The summed E-state index contributed by atoms with van der Waals surface area (Å²) in [6.07, 6.45) is 2.71. The molecule has 1 aromatic heterocycles. The van der Waals surface area contributed by atoms with Gasteiger partial charge in [0, 0.05) is 6.54 Å². The molecule has 17 heavy (non-hydrogen) atoms. The number of carbonyl (C=O) groups is 1. The highest BCUT2D eigenvalue weighted by Gasteiger charge is 2.27. The van der Waals surface area contributed by atoms with Gasteiger partial charge in [-0.15, -0.1) is 0 Å². The quantitative estimate of drug-likeness (QED) is 0.788. The van der Waals surface area contributed by atoms with Crippen LogP contribution in [0.5, 0.6) is 0 Å². The number of amides is 1. The Balaban J connectivity index is 2.18. The number of likely N-dealkylation sites (tertiary alicyclic amines) is 1. The number of nitrogens with zero attached hydrogens (tertiary/aromatic N) is 2. The third kappa shape index (κ3) is 2.61. The Hall–Kier alpha value is -1.49. The number of halogens is 1. The molecule has 0 aliphatic carbocycles. The summed E-state index contributed by atoms with van der Waals surface area (Å²) in [5, 5.41) is 9.22. The van der Waals surface area contributed by atoms with Crippen LogP contribution >= 0.6 is 0 Å². The van der Waals surface area contributed by atoms with Crippen LogP contribution in [0.25, 0.3) is 0 Å². The molecule has 0 spiro atoms. The van der Waals surface area contributed by atoms with Crippen molar-refractivity contribution < 1.29 is 14.3 Å². The van der Waals surface area contributed by atoms with E-state index in [1.54, 1.807) is 4.90 Å². The predicted octanol–water partition coefficient (Wildman–Crippen LogP) is 1.21. The topological polar surface area (TPSA) is 53.4 Å². The second-order valence-electron chi connectivity index (χ2n) is 4.18.